The van der Waals surface area contributed by atoms with Gasteiger partial charge in [0.1, 0.15) is 6.29 Å². The molecule has 5 heteroatoms. The van der Waals surface area contributed by atoms with E-state index in [2.05, 4.69) is 10.6 Å². The standard InChI is InChI=1S/C10H16N2O2S/c13-5-3-1-2-4-8-9-7(6-15-8)11-10(14)12-9/h5,7-9H,1-4,6H2,(H2,11,12,14). The van der Waals surface area contributed by atoms with E-state index < -0.39 is 0 Å². The predicted molar refractivity (Wildman–Crippen MR) is 60.0 cm³/mol. The van der Waals surface area contributed by atoms with Crippen LogP contribution in [0.15, 0.2) is 0 Å². The topological polar surface area (TPSA) is 58.2 Å². The molecule has 0 saturated carbocycles. The highest BCUT2D eigenvalue weighted by Crippen LogP contribution is 2.33. The molecule has 0 aromatic heterocycles. The van der Waals surface area contributed by atoms with Gasteiger partial charge < -0.3 is 15.4 Å². The molecule has 2 fully saturated rings. The summed E-state index contributed by atoms with van der Waals surface area (Å²) in [6.07, 6.45) is 4.79. The SMILES string of the molecule is O=CCCCCC1SCC2NC(=O)NC21. The van der Waals surface area contributed by atoms with Crippen molar-refractivity contribution in [3.05, 3.63) is 0 Å². The van der Waals surface area contributed by atoms with Crippen molar-refractivity contribution >= 4 is 24.1 Å². The van der Waals surface area contributed by atoms with Gasteiger partial charge in [0.15, 0.2) is 0 Å². The zero-order valence-electron chi connectivity index (χ0n) is 8.57. The lowest BCUT2D eigenvalue weighted by atomic mass is 10.0. The number of hydrogen-bond donors (Lipinski definition) is 2. The number of nitrogens with one attached hydrogen (secondary N) is 2. The van der Waals surface area contributed by atoms with Crippen molar-refractivity contribution in [3.63, 3.8) is 0 Å². The highest BCUT2D eigenvalue weighted by atomic mass is 32.2. The fraction of sp³-hybridized carbons (Fsp3) is 0.800. The van der Waals surface area contributed by atoms with Gasteiger partial charge in [0.2, 0.25) is 0 Å². The Labute approximate surface area is 93.6 Å². The van der Waals surface area contributed by atoms with Crippen LogP contribution in [0.4, 0.5) is 4.79 Å². The van der Waals surface area contributed by atoms with Crippen molar-refractivity contribution in [3.8, 4) is 0 Å². The number of fused-ring (bicyclic) bond motifs is 1. The number of carbonyl (C=O) groups is 2. The predicted octanol–water partition coefficient (Wildman–Crippen LogP) is 0.911. The first-order valence-electron chi connectivity index (χ1n) is 5.43. The number of carbonyl (C=O) groups excluding carboxylic acids is 2. The summed E-state index contributed by atoms with van der Waals surface area (Å²) in [6.45, 7) is 0. The van der Waals surface area contributed by atoms with Gasteiger partial charge in [-0.25, -0.2) is 4.79 Å². The molecule has 0 radical (unpaired) electrons. The van der Waals surface area contributed by atoms with E-state index in [4.69, 9.17) is 0 Å². The van der Waals surface area contributed by atoms with Crippen LogP contribution < -0.4 is 10.6 Å². The van der Waals surface area contributed by atoms with Crippen LogP contribution in [0.3, 0.4) is 0 Å². The van der Waals surface area contributed by atoms with Gasteiger partial charge in [0.25, 0.3) is 0 Å². The van der Waals surface area contributed by atoms with Crippen LogP contribution in [-0.2, 0) is 4.79 Å². The molecule has 2 N–H and O–H groups in total. The second kappa shape index (κ2) is 4.88. The van der Waals surface area contributed by atoms with Crippen LogP contribution in [-0.4, -0.2) is 35.4 Å². The first-order valence-corrected chi connectivity index (χ1v) is 6.48. The molecule has 3 atom stereocenters. The second-order valence-electron chi connectivity index (χ2n) is 4.07. The third kappa shape index (κ3) is 2.45. The first-order chi connectivity index (χ1) is 7.31. The number of unbranched alkanes of at least 4 members (excludes halogenated alkanes) is 2. The van der Waals surface area contributed by atoms with Gasteiger partial charge in [-0.2, -0.15) is 11.8 Å². The summed E-state index contributed by atoms with van der Waals surface area (Å²) in [5.41, 5.74) is 0. The lowest BCUT2D eigenvalue weighted by Gasteiger charge is -2.15. The van der Waals surface area contributed by atoms with E-state index in [1.807, 2.05) is 11.8 Å². The second-order valence-corrected chi connectivity index (χ2v) is 5.35. The maximum absolute atomic E-state index is 11.1. The Morgan fingerprint density at radius 1 is 1.40 bits per heavy atom. The highest BCUT2D eigenvalue weighted by Gasteiger charge is 2.42. The molecular formula is C10H16N2O2S. The van der Waals surface area contributed by atoms with Gasteiger partial charge in [-0.3, -0.25) is 0 Å². The molecule has 2 aliphatic rings. The van der Waals surface area contributed by atoms with Crippen LogP contribution in [0.25, 0.3) is 0 Å². The molecule has 3 unspecified atom stereocenters. The van der Waals surface area contributed by atoms with Crippen LogP contribution in [0.1, 0.15) is 25.7 Å². The van der Waals surface area contributed by atoms with Crippen molar-refractivity contribution in [2.75, 3.05) is 5.75 Å². The molecule has 2 rings (SSSR count). The summed E-state index contributed by atoms with van der Waals surface area (Å²) in [7, 11) is 0. The zero-order valence-corrected chi connectivity index (χ0v) is 9.39. The maximum atomic E-state index is 11.1. The molecule has 0 bridgehead atoms. The average Bonchev–Trinajstić information content (AvgIpc) is 2.73. The Balaban J connectivity index is 1.74. The van der Waals surface area contributed by atoms with Gasteiger partial charge in [0, 0.05) is 17.4 Å². The summed E-state index contributed by atoms with van der Waals surface area (Å²) >= 11 is 1.93. The third-order valence-corrected chi connectivity index (χ3v) is 4.51. The Bertz CT molecular complexity index is 260. The van der Waals surface area contributed by atoms with Crippen molar-refractivity contribution in [1.29, 1.82) is 0 Å². The zero-order chi connectivity index (χ0) is 10.7. The lowest BCUT2D eigenvalue weighted by Crippen LogP contribution is -2.36. The summed E-state index contributed by atoms with van der Waals surface area (Å²) < 4.78 is 0. The van der Waals surface area contributed by atoms with Crippen LogP contribution in [0.2, 0.25) is 0 Å². The quantitative estimate of drug-likeness (QED) is 0.418. The maximum Gasteiger partial charge on any atom is 0.315 e. The summed E-state index contributed by atoms with van der Waals surface area (Å²) in [5.74, 6) is 1.02. The smallest absolute Gasteiger partial charge is 0.315 e. The Hall–Kier alpha value is -0.710. The minimum Gasteiger partial charge on any atom is -0.332 e. The Morgan fingerprint density at radius 2 is 2.27 bits per heavy atom. The number of rotatable bonds is 5. The van der Waals surface area contributed by atoms with Crippen molar-refractivity contribution < 1.29 is 9.59 Å². The van der Waals surface area contributed by atoms with Gasteiger partial charge in [0.05, 0.1) is 12.1 Å². The fourth-order valence-electron chi connectivity index (χ4n) is 2.22. The molecule has 2 amide bonds. The van der Waals surface area contributed by atoms with E-state index >= 15 is 0 Å². The first kappa shape index (κ1) is 10.8. The number of amides is 2. The van der Waals surface area contributed by atoms with E-state index in [1.54, 1.807) is 0 Å². The van der Waals surface area contributed by atoms with Crippen LogP contribution in [0.5, 0.6) is 0 Å². The average molecular weight is 228 g/mol. The molecule has 2 saturated heterocycles. The minimum absolute atomic E-state index is 0.0248. The van der Waals surface area contributed by atoms with Gasteiger partial charge in [-0.1, -0.05) is 6.42 Å². The van der Waals surface area contributed by atoms with Gasteiger partial charge in [-0.15, -0.1) is 0 Å². The molecule has 0 spiro atoms. The lowest BCUT2D eigenvalue weighted by molar-refractivity contribution is -0.107. The number of hydrogen-bond acceptors (Lipinski definition) is 3. The van der Waals surface area contributed by atoms with E-state index in [-0.39, 0.29) is 6.03 Å². The molecular weight excluding hydrogens is 212 g/mol. The van der Waals surface area contributed by atoms with Crippen molar-refractivity contribution in [2.45, 2.75) is 43.0 Å². The molecule has 2 heterocycles. The highest BCUT2D eigenvalue weighted by molar-refractivity contribution is 8.00. The van der Waals surface area contributed by atoms with E-state index in [0.717, 1.165) is 31.3 Å². The molecule has 84 valence electrons. The Morgan fingerprint density at radius 3 is 3.07 bits per heavy atom. The number of thioether (sulfide) groups is 1. The summed E-state index contributed by atoms with van der Waals surface area (Å²) in [4.78, 5) is 21.3. The Kier molecular flexibility index (Phi) is 3.51. The van der Waals surface area contributed by atoms with Crippen LogP contribution >= 0.6 is 11.8 Å². The van der Waals surface area contributed by atoms with Crippen molar-refractivity contribution in [1.82, 2.24) is 10.6 Å². The molecule has 0 aliphatic carbocycles. The number of aldehydes is 1. The third-order valence-electron chi connectivity index (χ3n) is 3.00. The fourth-order valence-corrected chi connectivity index (χ4v) is 3.76. The monoisotopic (exact) mass is 228 g/mol. The van der Waals surface area contributed by atoms with Gasteiger partial charge >= 0.3 is 6.03 Å². The van der Waals surface area contributed by atoms with Crippen molar-refractivity contribution in [2.24, 2.45) is 0 Å². The molecule has 2 aliphatic heterocycles. The molecule has 0 aromatic rings. The molecule has 4 nitrogen and oxygen atoms in total. The normalized spacial score (nSPS) is 33.3. The number of urea groups is 1. The van der Waals surface area contributed by atoms with Gasteiger partial charge in [-0.05, 0) is 12.8 Å². The molecule has 15 heavy (non-hydrogen) atoms. The van der Waals surface area contributed by atoms with E-state index in [9.17, 15) is 9.59 Å². The van der Waals surface area contributed by atoms with Crippen LogP contribution in [0, 0.1) is 0 Å². The molecule has 0 aromatic carbocycles. The minimum atomic E-state index is -0.0248. The summed E-state index contributed by atoms with van der Waals surface area (Å²) in [5, 5.41) is 6.42. The van der Waals surface area contributed by atoms with E-state index in [1.165, 1.54) is 0 Å². The van der Waals surface area contributed by atoms with E-state index in [0.29, 0.717) is 23.8 Å². The largest absolute Gasteiger partial charge is 0.332 e. The summed E-state index contributed by atoms with van der Waals surface area (Å²) in [6, 6.07) is 0.598.